The number of hydrogen-bond acceptors (Lipinski definition) is 3. The highest BCUT2D eigenvalue weighted by Gasteiger charge is 2.18. The van der Waals surface area contributed by atoms with Gasteiger partial charge in [-0.05, 0) is 12.1 Å². The number of primary amides is 1. The maximum atomic E-state index is 11.2. The first kappa shape index (κ1) is 13.6. The predicted octanol–water partition coefficient (Wildman–Crippen LogP) is 2.34. The van der Waals surface area contributed by atoms with Gasteiger partial charge < -0.3 is 10.8 Å². The molecule has 0 spiro atoms. The Morgan fingerprint density at radius 3 is 2.50 bits per heavy atom. The van der Waals surface area contributed by atoms with E-state index in [1.54, 1.807) is 5.38 Å². The van der Waals surface area contributed by atoms with Gasteiger partial charge in [0.05, 0.1) is 5.56 Å². The zero-order chi connectivity index (χ0) is 14.5. The Bertz CT molecular complexity index is 711. The summed E-state index contributed by atoms with van der Waals surface area (Å²) in [6.07, 6.45) is 0. The van der Waals surface area contributed by atoms with E-state index in [1.165, 1.54) is 0 Å². The first-order valence-electron chi connectivity index (χ1n) is 5.56. The smallest absolute Gasteiger partial charge is 0.340 e. The Hall–Kier alpha value is -2.78. The van der Waals surface area contributed by atoms with Gasteiger partial charge in [0.1, 0.15) is 10.6 Å². The van der Waals surface area contributed by atoms with E-state index in [2.05, 4.69) is 17.2 Å². The van der Waals surface area contributed by atoms with Gasteiger partial charge in [-0.1, -0.05) is 30.0 Å². The Kier molecular flexibility index (Phi) is 4.03. The third kappa shape index (κ3) is 3.16. The maximum Gasteiger partial charge on any atom is 0.340 e. The first-order chi connectivity index (χ1) is 9.58. The van der Waals surface area contributed by atoms with Crippen LogP contribution in [0.15, 0.2) is 35.7 Å². The lowest BCUT2D eigenvalue weighted by Crippen LogP contribution is -2.20. The number of thiophene rings is 1. The molecule has 0 aliphatic heterocycles. The molecule has 100 valence electrons. The van der Waals surface area contributed by atoms with Crippen molar-refractivity contribution in [2.45, 2.75) is 0 Å². The van der Waals surface area contributed by atoms with E-state index < -0.39 is 12.0 Å². The minimum atomic E-state index is -1.16. The largest absolute Gasteiger partial charge is 0.478 e. The van der Waals surface area contributed by atoms with Crippen molar-refractivity contribution in [3.63, 3.8) is 0 Å². The highest BCUT2D eigenvalue weighted by Crippen LogP contribution is 2.27. The minimum absolute atomic E-state index is 0.0442. The topological polar surface area (TPSA) is 92.4 Å². The lowest BCUT2D eigenvalue weighted by molar-refractivity contribution is 0.0698. The summed E-state index contributed by atoms with van der Waals surface area (Å²) in [5.74, 6) is 4.50. The van der Waals surface area contributed by atoms with Crippen LogP contribution >= 0.6 is 11.3 Å². The van der Waals surface area contributed by atoms with Crippen molar-refractivity contribution in [3.8, 4) is 11.8 Å². The zero-order valence-electron chi connectivity index (χ0n) is 10.2. The van der Waals surface area contributed by atoms with E-state index in [9.17, 15) is 14.7 Å². The summed E-state index contributed by atoms with van der Waals surface area (Å²) in [6.45, 7) is 0. The molecule has 0 unspecified atom stereocenters. The highest BCUT2D eigenvalue weighted by atomic mass is 32.1. The summed E-state index contributed by atoms with van der Waals surface area (Å²) < 4.78 is 0. The average Bonchev–Trinajstić information content (AvgIpc) is 2.79. The molecule has 1 heterocycles. The number of carboxylic acids is 1. The molecule has 0 saturated heterocycles. The second-order valence-corrected chi connectivity index (χ2v) is 4.64. The minimum Gasteiger partial charge on any atom is -0.478 e. The molecule has 2 amide bonds. The van der Waals surface area contributed by atoms with Crippen molar-refractivity contribution in [3.05, 3.63) is 52.4 Å². The molecule has 2 aromatic rings. The van der Waals surface area contributed by atoms with E-state index in [4.69, 9.17) is 5.73 Å². The summed E-state index contributed by atoms with van der Waals surface area (Å²) in [7, 11) is 0. The molecular formula is C14H10N2O3S. The van der Waals surface area contributed by atoms with Crippen LogP contribution in [0.1, 0.15) is 21.5 Å². The number of rotatable bonds is 2. The molecule has 0 atom stereocenters. The fourth-order valence-corrected chi connectivity index (χ4v) is 2.41. The van der Waals surface area contributed by atoms with Gasteiger partial charge in [0.15, 0.2) is 0 Å². The number of nitrogens with two attached hydrogens (primary N) is 1. The van der Waals surface area contributed by atoms with E-state index in [1.807, 2.05) is 30.3 Å². The summed E-state index contributed by atoms with van der Waals surface area (Å²) in [6, 6.07) is 8.39. The maximum absolute atomic E-state index is 11.2. The van der Waals surface area contributed by atoms with Crippen molar-refractivity contribution in [1.29, 1.82) is 0 Å². The van der Waals surface area contributed by atoms with Crippen molar-refractivity contribution in [2.24, 2.45) is 5.73 Å². The van der Waals surface area contributed by atoms with E-state index >= 15 is 0 Å². The molecule has 2 rings (SSSR count). The quantitative estimate of drug-likeness (QED) is 0.740. The normalized spacial score (nSPS) is 9.40. The SMILES string of the molecule is NC(=O)Nc1scc(C#Cc2ccccc2)c1C(=O)O. The third-order valence-electron chi connectivity index (χ3n) is 2.36. The van der Waals surface area contributed by atoms with Gasteiger partial charge in [0.25, 0.3) is 0 Å². The Morgan fingerprint density at radius 2 is 1.90 bits per heavy atom. The zero-order valence-corrected chi connectivity index (χ0v) is 11.0. The fourth-order valence-electron chi connectivity index (χ4n) is 1.53. The number of hydrogen-bond donors (Lipinski definition) is 3. The number of carbonyl (C=O) groups excluding carboxylic acids is 1. The number of benzene rings is 1. The van der Waals surface area contributed by atoms with Crippen LogP contribution in [0.2, 0.25) is 0 Å². The second-order valence-electron chi connectivity index (χ2n) is 3.76. The van der Waals surface area contributed by atoms with Crippen molar-refractivity contribution >= 4 is 28.3 Å². The van der Waals surface area contributed by atoms with Crippen LogP contribution in [-0.2, 0) is 0 Å². The molecule has 0 aliphatic carbocycles. The van der Waals surface area contributed by atoms with Gasteiger partial charge in [-0.15, -0.1) is 11.3 Å². The summed E-state index contributed by atoms with van der Waals surface area (Å²) in [4.78, 5) is 22.1. The molecule has 0 saturated carbocycles. The molecule has 20 heavy (non-hydrogen) atoms. The van der Waals surface area contributed by atoms with Crippen LogP contribution in [-0.4, -0.2) is 17.1 Å². The molecule has 0 aliphatic rings. The summed E-state index contributed by atoms with van der Waals surface area (Å²) in [5.41, 5.74) is 6.07. The number of urea groups is 1. The predicted molar refractivity (Wildman–Crippen MR) is 76.9 cm³/mol. The average molecular weight is 286 g/mol. The lowest BCUT2D eigenvalue weighted by atomic mass is 10.1. The van der Waals surface area contributed by atoms with E-state index in [0.717, 1.165) is 16.9 Å². The fraction of sp³-hybridized carbons (Fsp3) is 0. The molecule has 1 aromatic carbocycles. The van der Waals surface area contributed by atoms with Crippen molar-refractivity contribution in [2.75, 3.05) is 5.32 Å². The van der Waals surface area contributed by atoms with Gasteiger partial charge >= 0.3 is 12.0 Å². The molecule has 6 heteroatoms. The van der Waals surface area contributed by atoms with Gasteiger partial charge in [-0.3, -0.25) is 5.32 Å². The Balaban J connectivity index is 2.38. The monoisotopic (exact) mass is 286 g/mol. The number of amides is 2. The van der Waals surface area contributed by atoms with Crippen molar-refractivity contribution in [1.82, 2.24) is 0 Å². The number of carbonyl (C=O) groups is 2. The molecule has 5 nitrogen and oxygen atoms in total. The Labute approximate surface area is 119 Å². The number of aromatic carboxylic acids is 1. The van der Waals surface area contributed by atoms with Crippen LogP contribution in [0.4, 0.5) is 9.80 Å². The molecule has 0 fully saturated rings. The van der Waals surface area contributed by atoms with Gasteiger partial charge in [0, 0.05) is 10.9 Å². The Morgan fingerprint density at radius 1 is 1.20 bits per heavy atom. The first-order valence-corrected chi connectivity index (χ1v) is 6.44. The summed E-state index contributed by atoms with van der Waals surface area (Å²) in [5, 5.41) is 13.2. The van der Waals surface area contributed by atoms with Crippen LogP contribution in [0.25, 0.3) is 0 Å². The second kappa shape index (κ2) is 5.91. The van der Waals surface area contributed by atoms with E-state index in [0.29, 0.717) is 5.56 Å². The molecular weight excluding hydrogens is 276 g/mol. The van der Waals surface area contributed by atoms with Crippen LogP contribution in [0.3, 0.4) is 0 Å². The van der Waals surface area contributed by atoms with E-state index in [-0.39, 0.29) is 10.6 Å². The number of anilines is 1. The standard InChI is InChI=1S/C14H10N2O3S/c15-14(19)16-12-11(13(17)18)10(8-20-12)7-6-9-4-2-1-3-5-9/h1-5,8H,(H,17,18)(H3,15,16,19). The van der Waals surface area contributed by atoms with Crippen LogP contribution in [0, 0.1) is 11.8 Å². The third-order valence-corrected chi connectivity index (χ3v) is 3.25. The van der Waals surface area contributed by atoms with Crippen LogP contribution < -0.4 is 11.1 Å². The highest BCUT2D eigenvalue weighted by molar-refractivity contribution is 7.15. The number of nitrogens with one attached hydrogen (secondary N) is 1. The summed E-state index contributed by atoms with van der Waals surface area (Å²) >= 11 is 1.07. The lowest BCUT2D eigenvalue weighted by Gasteiger charge is -1.99. The molecule has 4 N–H and O–H groups in total. The van der Waals surface area contributed by atoms with Gasteiger partial charge in [-0.2, -0.15) is 0 Å². The number of carboxylic acid groups (broad SMARTS) is 1. The molecule has 1 aromatic heterocycles. The molecule has 0 bridgehead atoms. The van der Waals surface area contributed by atoms with Gasteiger partial charge in [-0.25, -0.2) is 9.59 Å². The van der Waals surface area contributed by atoms with Crippen LogP contribution in [0.5, 0.6) is 0 Å². The van der Waals surface area contributed by atoms with Gasteiger partial charge in [0.2, 0.25) is 0 Å². The van der Waals surface area contributed by atoms with Crippen molar-refractivity contribution < 1.29 is 14.7 Å². The molecule has 0 radical (unpaired) electrons.